The van der Waals surface area contributed by atoms with E-state index in [0.717, 1.165) is 42.8 Å². The second kappa shape index (κ2) is 6.13. The minimum absolute atomic E-state index is 0. The number of hydrogen-bond donors (Lipinski definition) is 1. The van der Waals surface area contributed by atoms with Crippen molar-refractivity contribution in [2.24, 2.45) is 0 Å². The molecule has 2 aromatic rings. The SMILES string of the molecule is CN1CCN(C([O-])c2cc3ccccc3[nH]2)CC1.[Li+]. The first-order chi connectivity index (χ1) is 8.74. The van der Waals surface area contributed by atoms with E-state index in [4.69, 9.17) is 0 Å². The molecule has 1 aromatic heterocycles. The summed E-state index contributed by atoms with van der Waals surface area (Å²) in [5.41, 5.74) is 1.82. The number of fused-ring (bicyclic) bond motifs is 1. The van der Waals surface area contributed by atoms with Gasteiger partial charge in [-0.2, -0.15) is 0 Å². The number of para-hydroxylation sites is 1. The molecule has 1 aromatic carbocycles. The summed E-state index contributed by atoms with van der Waals surface area (Å²) in [4.78, 5) is 7.50. The topological polar surface area (TPSA) is 45.3 Å². The Morgan fingerprint density at radius 2 is 1.84 bits per heavy atom. The zero-order chi connectivity index (χ0) is 12.5. The Bertz CT molecular complexity index is 501. The first kappa shape index (κ1) is 14.6. The van der Waals surface area contributed by atoms with Crippen LogP contribution in [-0.4, -0.2) is 48.0 Å². The smallest absolute Gasteiger partial charge is 0.836 e. The Morgan fingerprint density at radius 1 is 1.16 bits per heavy atom. The van der Waals surface area contributed by atoms with Crippen LogP contribution in [0.5, 0.6) is 0 Å². The minimum Gasteiger partial charge on any atom is -0.836 e. The van der Waals surface area contributed by atoms with Crippen LogP contribution in [0.3, 0.4) is 0 Å². The van der Waals surface area contributed by atoms with Crippen molar-refractivity contribution in [3.05, 3.63) is 36.0 Å². The third-order valence-electron chi connectivity index (χ3n) is 3.69. The number of aromatic amines is 1. The number of likely N-dealkylation sites (N-methyl/N-ethyl adjacent to an activating group) is 1. The van der Waals surface area contributed by atoms with Gasteiger partial charge in [0.25, 0.3) is 0 Å². The third kappa shape index (κ3) is 3.05. The Hall–Kier alpha value is -0.763. The van der Waals surface area contributed by atoms with Gasteiger partial charge in [-0.05, 0) is 30.8 Å². The van der Waals surface area contributed by atoms with Crippen LogP contribution in [0.2, 0.25) is 0 Å². The Labute approximate surface area is 125 Å². The van der Waals surface area contributed by atoms with Crippen molar-refractivity contribution < 1.29 is 24.0 Å². The molecule has 0 radical (unpaired) electrons. The second-order valence-electron chi connectivity index (χ2n) is 5.00. The van der Waals surface area contributed by atoms with E-state index in [1.165, 1.54) is 0 Å². The molecule has 1 saturated heterocycles. The second-order valence-corrected chi connectivity index (χ2v) is 5.00. The molecule has 0 amide bonds. The molecule has 0 saturated carbocycles. The van der Waals surface area contributed by atoms with Gasteiger partial charge in [-0.25, -0.2) is 0 Å². The fraction of sp³-hybridized carbons (Fsp3) is 0.429. The van der Waals surface area contributed by atoms with Crippen LogP contribution in [0.25, 0.3) is 10.9 Å². The van der Waals surface area contributed by atoms with E-state index in [1.54, 1.807) is 0 Å². The maximum Gasteiger partial charge on any atom is 1.00 e. The Kier molecular flexibility index (Phi) is 4.72. The summed E-state index contributed by atoms with van der Waals surface area (Å²) < 4.78 is 0. The predicted octanol–water partition coefficient (Wildman–Crippen LogP) is -2.22. The number of nitrogens with one attached hydrogen (secondary N) is 1. The zero-order valence-electron chi connectivity index (χ0n) is 11.6. The normalized spacial score (nSPS) is 19.3. The molecular formula is C14H18LiN3O. The van der Waals surface area contributed by atoms with Crippen molar-refractivity contribution in [1.82, 2.24) is 14.8 Å². The number of rotatable bonds is 2. The van der Waals surface area contributed by atoms with Crippen molar-refractivity contribution >= 4 is 10.9 Å². The van der Waals surface area contributed by atoms with Crippen LogP contribution in [0.1, 0.15) is 11.9 Å². The van der Waals surface area contributed by atoms with Crippen LogP contribution in [0, 0.1) is 0 Å². The van der Waals surface area contributed by atoms with E-state index in [9.17, 15) is 5.11 Å². The molecule has 1 atom stereocenters. The van der Waals surface area contributed by atoms with Crippen LogP contribution in [0.15, 0.2) is 30.3 Å². The molecule has 0 spiro atoms. The summed E-state index contributed by atoms with van der Waals surface area (Å²) in [5.74, 6) is 0. The first-order valence-electron chi connectivity index (χ1n) is 6.40. The molecule has 1 aliphatic rings. The van der Waals surface area contributed by atoms with Gasteiger partial charge in [-0.15, -0.1) is 0 Å². The summed E-state index contributed by atoms with van der Waals surface area (Å²) in [5, 5.41) is 13.5. The molecule has 2 heterocycles. The number of benzene rings is 1. The van der Waals surface area contributed by atoms with Gasteiger partial charge >= 0.3 is 18.9 Å². The largest absolute Gasteiger partial charge is 1.00 e. The zero-order valence-corrected chi connectivity index (χ0v) is 11.6. The summed E-state index contributed by atoms with van der Waals surface area (Å²) in [6.45, 7) is 3.64. The molecule has 0 bridgehead atoms. The van der Waals surface area contributed by atoms with Gasteiger partial charge in [0.15, 0.2) is 0 Å². The Morgan fingerprint density at radius 3 is 2.53 bits per heavy atom. The quantitative estimate of drug-likeness (QED) is 0.615. The first-order valence-corrected chi connectivity index (χ1v) is 6.40. The molecule has 1 N–H and O–H groups in total. The van der Waals surface area contributed by atoms with Crippen molar-refractivity contribution in [1.29, 1.82) is 0 Å². The average molecular weight is 251 g/mol. The maximum atomic E-state index is 12.4. The number of aromatic nitrogens is 1. The predicted molar refractivity (Wildman–Crippen MR) is 70.1 cm³/mol. The molecule has 96 valence electrons. The number of piperazine rings is 1. The van der Waals surface area contributed by atoms with Crippen molar-refractivity contribution in [2.75, 3.05) is 33.2 Å². The summed E-state index contributed by atoms with van der Waals surface area (Å²) >= 11 is 0. The van der Waals surface area contributed by atoms with Gasteiger partial charge in [0.1, 0.15) is 0 Å². The van der Waals surface area contributed by atoms with Crippen LogP contribution in [0.4, 0.5) is 0 Å². The fourth-order valence-corrected chi connectivity index (χ4v) is 2.48. The van der Waals surface area contributed by atoms with E-state index in [2.05, 4.69) is 16.9 Å². The summed E-state index contributed by atoms with van der Waals surface area (Å²) in [6.07, 6.45) is -0.772. The van der Waals surface area contributed by atoms with Crippen LogP contribution in [-0.2, 0) is 0 Å². The molecular weight excluding hydrogens is 233 g/mol. The van der Waals surface area contributed by atoms with E-state index < -0.39 is 6.23 Å². The number of H-pyrrole nitrogens is 1. The van der Waals surface area contributed by atoms with Gasteiger partial charge in [-0.3, -0.25) is 0 Å². The van der Waals surface area contributed by atoms with E-state index in [0.29, 0.717) is 0 Å². The van der Waals surface area contributed by atoms with Crippen molar-refractivity contribution in [3.63, 3.8) is 0 Å². The molecule has 5 heteroatoms. The van der Waals surface area contributed by atoms with Gasteiger partial charge < -0.3 is 19.9 Å². The van der Waals surface area contributed by atoms with Crippen molar-refractivity contribution in [3.8, 4) is 0 Å². The van der Waals surface area contributed by atoms with E-state index >= 15 is 0 Å². The van der Waals surface area contributed by atoms with Gasteiger partial charge in [-0.1, -0.05) is 18.2 Å². The van der Waals surface area contributed by atoms with Crippen molar-refractivity contribution in [2.45, 2.75) is 6.23 Å². The van der Waals surface area contributed by atoms with E-state index in [-0.39, 0.29) is 18.9 Å². The molecule has 4 nitrogen and oxygen atoms in total. The Balaban J connectivity index is 0.00000133. The molecule has 3 rings (SSSR count). The van der Waals surface area contributed by atoms with Crippen LogP contribution < -0.4 is 24.0 Å². The summed E-state index contributed by atoms with van der Waals surface area (Å²) in [6, 6.07) is 10.0. The van der Waals surface area contributed by atoms with Crippen LogP contribution >= 0.6 is 0 Å². The maximum absolute atomic E-state index is 12.4. The molecule has 1 fully saturated rings. The van der Waals surface area contributed by atoms with Gasteiger partial charge in [0, 0.05) is 37.4 Å². The van der Waals surface area contributed by atoms with Gasteiger partial charge in [0.2, 0.25) is 0 Å². The molecule has 19 heavy (non-hydrogen) atoms. The minimum atomic E-state index is -0.772. The van der Waals surface area contributed by atoms with Gasteiger partial charge in [0.05, 0.1) is 0 Å². The molecule has 1 aliphatic heterocycles. The number of nitrogens with zero attached hydrogens (tertiary/aromatic N) is 2. The summed E-state index contributed by atoms with van der Waals surface area (Å²) in [7, 11) is 2.10. The monoisotopic (exact) mass is 251 g/mol. The standard InChI is InChI=1S/C14H18N3O.Li/c1-16-6-8-17(9-7-16)14(18)13-10-11-4-2-3-5-12(11)15-13;/h2-5,10,14-15H,6-9H2,1H3;/q-1;+1. The number of hydrogen-bond acceptors (Lipinski definition) is 3. The average Bonchev–Trinajstić information content (AvgIpc) is 2.82. The third-order valence-corrected chi connectivity index (χ3v) is 3.69. The fourth-order valence-electron chi connectivity index (χ4n) is 2.48. The molecule has 1 unspecified atom stereocenters. The van der Waals surface area contributed by atoms with E-state index in [1.807, 2.05) is 35.2 Å². The molecule has 0 aliphatic carbocycles.